The summed E-state index contributed by atoms with van der Waals surface area (Å²) in [5, 5.41) is 0.641. The summed E-state index contributed by atoms with van der Waals surface area (Å²) in [4.78, 5) is 0. The summed E-state index contributed by atoms with van der Waals surface area (Å²) in [5.74, 6) is 0.0415. The van der Waals surface area contributed by atoms with E-state index in [4.69, 9.17) is 4.74 Å². The summed E-state index contributed by atoms with van der Waals surface area (Å²) in [6, 6.07) is 19.0. The van der Waals surface area contributed by atoms with E-state index in [1.165, 1.54) is 24.3 Å². The average Bonchev–Trinajstić information content (AvgIpc) is 2.71. The number of allylic oxidation sites excluding steroid dienone is 1. The zero-order valence-electron chi connectivity index (χ0n) is 15.2. The van der Waals surface area contributed by atoms with Gasteiger partial charge in [0.15, 0.2) is 0 Å². The fourth-order valence-electron chi connectivity index (χ4n) is 3.00. The van der Waals surface area contributed by atoms with Crippen molar-refractivity contribution in [1.29, 1.82) is 0 Å². The van der Waals surface area contributed by atoms with E-state index >= 15 is 0 Å². The molecule has 3 aromatic rings. The van der Waals surface area contributed by atoms with E-state index in [2.05, 4.69) is 15.9 Å². The topological polar surface area (TPSA) is 9.23 Å². The molecule has 1 nitrogen and oxygen atoms in total. The second-order valence-electron chi connectivity index (χ2n) is 6.18. The molecule has 0 fully saturated rings. The molecule has 3 aromatic carbocycles. The van der Waals surface area contributed by atoms with Crippen molar-refractivity contribution in [2.75, 3.05) is 11.9 Å². The Morgan fingerprint density at radius 3 is 1.83 bits per heavy atom. The van der Waals surface area contributed by atoms with E-state index in [0.29, 0.717) is 23.2 Å². The first kappa shape index (κ1) is 21.1. The first-order chi connectivity index (χ1) is 13.9. The molecule has 0 unspecified atom stereocenters. The van der Waals surface area contributed by atoms with Crippen molar-refractivity contribution in [2.45, 2.75) is 6.18 Å². The first-order valence-electron chi connectivity index (χ1n) is 8.82. The van der Waals surface area contributed by atoms with Gasteiger partial charge in [-0.3, -0.25) is 0 Å². The van der Waals surface area contributed by atoms with Gasteiger partial charge in [-0.1, -0.05) is 70.5 Å². The lowest BCUT2D eigenvalue weighted by Gasteiger charge is -2.20. The zero-order chi connectivity index (χ0) is 20.9. The Kier molecular flexibility index (Phi) is 6.75. The van der Waals surface area contributed by atoms with Gasteiger partial charge in [-0.25, -0.2) is 4.39 Å². The molecule has 0 amide bonds. The Morgan fingerprint density at radius 2 is 1.31 bits per heavy atom. The molecule has 0 radical (unpaired) electrons. The first-order valence-corrected chi connectivity index (χ1v) is 9.94. The van der Waals surface area contributed by atoms with Crippen LogP contribution in [0.4, 0.5) is 17.6 Å². The molecule has 0 aliphatic rings. The van der Waals surface area contributed by atoms with Crippen LogP contribution >= 0.6 is 15.9 Å². The largest absolute Gasteiger partial charge is 0.493 e. The quantitative estimate of drug-likeness (QED) is 0.214. The number of halogens is 5. The SMILES string of the molecule is Fc1ccc(/C(=C(\c2ccccc2)C(F)(F)F)c2ccc(OCCBr)cc2)cc1. The predicted octanol–water partition coefficient (Wildman–Crippen LogP) is 7.12. The van der Waals surface area contributed by atoms with Gasteiger partial charge in [0.25, 0.3) is 0 Å². The van der Waals surface area contributed by atoms with Crippen molar-refractivity contribution in [3.8, 4) is 5.75 Å². The van der Waals surface area contributed by atoms with Gasteiger partial charge in [0, 0.05) is 10.9 Å². The minimum Gasteiger partial charge on any atom is -0.493 e. The van der Waals surface area contributed by atoms with Crippen LogP contribution in [0.25, 0.3) is 11.1 Å². The minimum atomic E-state index is -4.61. The monoisotopic (exact) mass is 464 g/mol. The maximum atomic E-state index is 14.2. The molecule has 0 heterocycles. The number of benzene rings is 3. The molecule has 0 aliphatic heterocycles. The highest BCUT2D eigenvalue weighted by Crippen LogP contribution is 2.42. The molecular formula is C23H17BrF4O. The summed E-state index contributed by atoms with van der Waals surface area (Å²) >= 11 is 3.26. The molecule has 0 atom stereocenters. The summed E-state index contributed by atoms with van der Waals surface area (Å²) in [6.45, 7) is 0.442. The highest BCUT2D eigenvalue weighted by Gasteiger charge is 2.38. The fraction of sp³-hybridized carbons (Fsp3) is 0.130. The lowest BCUT2D eigenvalue weighted by Crippen LogP contribution is -2.14. The Labute approximate surface area is 174 Å². The number of alkyl halides is 4. The molecule has 0 saturated carbocycles. The highest BCUT2D eigenvalue weighted by atomic mass is 79.9. The van der Waals surface area contributed by atoms with Gasteiger partial charge in [-0.05, 0) is 41.0 Å². The van der Waals surface area contributed by atoms with E-state index in [0.717, 1.165) is 12.1 Å². The molecule has 0 bridgehead atoms. The third kappa shape index (κ3) is 5.26. The van der Waals surface area contributed by atoms with Crippen LogP contribution in [-0.2, 0) is 0 Å². The third-order valence-corrected chi connectivity index (χ3v) is 4.54. The normalized spacial score (nSPS) is 12.4. The van der Waals surface area contributed by atoms with Crippen molar-refractivity contribution in [2.24, 2.45) is 0 Å². The van der Waals surface area contributed by atoms with Crippen molar-refractivity contribution in [1.82, 2.24) is 0 Å². The average molecular weight is 465 g/mol. The van der Waals surface area contributed by atoms with Gasteiger partial charge in [0.1, 0.15) is 11.6 Å². The van der Waals surface area contributed by atoms with E-state index in [1.54, 1.807) is 42.5 Å². The number of hydrogen-bond acceptors (Lipinski definition) is 1. The van der Waals surface area contributed by atoms with Gasteiger partial charge in [0.2, 0.25) is 0 Å². The lowest BCUT2D eigenvalue weighted by molar-refractivity contribution is -0.0685. The summed E-state index contributed by atoms with van der Waals surface area (Å²) < 4.78 is 61.5. The molecule has 0 spiro atoms. The molecule has 3 rings (SSSR count). The molecule has 0 aromatic heterocycles. The van der Waals surface area contributed by atoms with Gasteiger partial charge < -0.3 is 4.74 Å². The van der Waals surface area contributed by atoms with Gasteiger partial charge in [-0.15, -0.1) is 0 Å². The molecular weight excluding hydrogens is 448 g/mol. The Bertz CT molecular complexity index is 963. The maximum Gasteiger partial charge on any atom is 0.417 e. The van der Waals surface area contributed by atoms with Crippen LogP contribution in [0.5, 0.6) is 5.75 Å². The fourth-order valence-corrected chi connectivity index (χ4v) is 3.16. The standard InChI is InChI=1S/C23H17BrF4O/c24-14-15-29-20-12-8-17(9-13-20)21(16-6-10-19(25)11-7-16)22(23(26,27)28)18-4-2-1-3-5-18/h1-13H,14-15H2/b22-21-. The van der Waals surface area contributed by atoms with Crippen LogP contribution in [0.15, 0.2) is 78.9 Å². The van der Waals surface area contributed by atoms with Gasteiger partial charge in [-0.2, -0.15) is 13.2 Å². The number of rotatable bonds is 6. The van der Waals surface area contributed by atoms with E-state index in [-0.39, 0.29) is 16.7 Å². The van der Waals surface area contributed by atoms with Gasteiger partial charge in [0.05, 0.1) is 12.2 Å². The zero-order valence-corrected chi connectivity index (χ0v) is 16.8. The van der Waals surface area contributed by atoms with Crippen molar-refractivity contribution >= 4 is 27.1 Å². The Balaban J connectivity index is 2.24. The van der Waals surface area contributed by atoms with Crippen molar-refractivity contribution in [3.63, 3.8) is 0 Å². The molecule has 0 N–H and O–H groups in total. The van der Waals surface area contributed by atoms with Crippen LogP contribution < -0.4 is 4.74 Å². The summed E-state index contributed by atoms with van der Waals surface area (Å²) in [7, 11) is 0. The van der Waals surface area contributed by atoms with Crippen molar-refractivity contribution in [3.05, 3.63) is 101 Å². The molecule has 29 heavy (non-hydrogen) atoms. The highest BCUT2D eigenvalue weighted by molar-refractivity contribution is 9.09. The van der Waals surface area contributed by atoms with Crippen LogP contribution in [0.3, 0.4) is 0 Å². The maximum absolute atomic E-state index is 14.2. The summed E-state index contributed by atoms with van der Waals surface area (Å²) in [5.41, 5.74) is -0.121. The van der Waals surface area contributed by atoms with Crippen LogP contribution in [-0.4, -0.2) is 18.1 Å². The van der Waals surface area contributed by atoms with Gasteiger partial charge >= 0.3 is 6.18 Å². The Hall–Kier alpha value is -2.60. The molecule has 0 aliphatic carbocycles. The van der Waals surface area contributed by atoms with Crippen LogP contribution in [0, 0.1) is 5.82 Å². The predicted molar refractivity (Wildman–Crippen MR) is 111 cm³/mol. The lowest BCUT2D eigenvalue weighted by atomic mass is 9.89. The number of ether oxygens (including phenoxy) is 1. The van der Waals surface area contributed by atoms with E-state index in [1.807, 2.05) is 0 Å². The molecule has 6 heteroatoms. The summed E-state index contributed by atoms with van der Waals surface area (Å²) in [6.07, 6.45) is -4.61. The molecule has 150 valence electrons. The van der Waals surface area contributed by atoms with Crippen molar-refractivity contribution < 1.29 is 22.3 Å². The van der Waals surface area contributed by atoms with Crippen LogP contribution in [0.2, 0.25) is 0 Å². The second kappa shape index (κ2) is 9.27. The second-order valence-corrected chi connectivity index (χ2v) is 6.98. The number of hydrogen-bond donors (Lipinski definition) is 0. The smallest absolute Gasteiger partial charge is 0.417 e. The Morgan fingerprint density at radius 1 is 0.759 bits per heavy atom. The third-order valence-electron chi connectivity index (χ3n) is 4.22. The molecule has 0 saturated heterocycles. The minimum absolute atomic E-state index is 0.0178. The van der Waals surface area contributed by atoms with E-state index in [9.17, 15) is 17.6 Å². The van der Waals surface area contributed by atoms with E-state index < -0.39 is 17.6 Å². The van der Waals surface area contributed by atoms with Crippen LogP contribution in [0.1, 0.15) is 16.7 Å².